The van der Waals surface area contributed by atoms with Gasteiger partial charge in [0, 0.05) is 35.3 Å². The van der Waals surface area contributed by atoms with Crippen molar-refractivity contribution >= 4 is 28.8 Å². The van der Waals surface area contributed by atoms with Gasteiger partial charge in [-0.3, -0.25) is 4.79 Å². The van der Waals surface area contributed by atoms with Gasteiger partial charge in [-0.25, -0.2) is 0 Å². The van der Waals surface area contributed by atoms with Gasteiger partial charge in [0.15, 0.2) is 5.76 Å². The summed E-state index contributed by atoms with van der Waals surface area (Å²) in [6.45, 7) is 2.35. The summed E-state index contributed by atoms with van der Waals surface area (Å²) in [7, 11) is 2.00. The van der Waals surface area contributed by atoms with Crippen LogP contribution in [0, 0.1) is 6.92 Å². The molecule has 0 bridgehead atoms. The standard InChI is InChI=1S/C28H23NO3/c1-19-25(31-16-8-11-20-9-4-3-5-10-20)15-14-23-27(30)26(32-28(19)23)17-21-18-29(2)24-13-7-6-12-22(21)24/h3-15,17-18H,16H2,1-2H3/b11-8+,26-17-. The Labute approximate surface area is 187 Å². The second-order valence-corrected chi connectivity index (χ2v) is 7.84. The fourth-order valence-electron chi connectivity index (χ4n) is 4.04. The Bertz CT molecular complexity index is 1380. The summed E-state index contributed by atoms with van der Waals surface area (Å²) in [5.41, 5.74) is 4.59. The third-order valence-electron chi connectivity index (χ3n) is 5.70. The number of aryl methyl sites for hydroxylation is 1. The quantitative estimate of drug-likeness (QED) is 0.361. The van der Waals surface area contributed by atoms with Gasteiger partial charge in [-0.05, 0) is 42.8 Å². The predicted molar refractivity (Wildman–Crippen MR) is 128 cm³/mol. The minimum Gasteiger partial charge on any atom is -0.489 e. The molecule has 0 fully saturated rings. The monoisotopic (exact) mass is 421 g/mol. The maximum absolute atomic E-state index is 13.0. The van der Waals surface area contributed by atoms with E-state index in [4.69, 9.17) is 9.47 Å². The van der Waals surface area contributed by atoms with Crippen molar-refractivity contribution in [2.45, 2.75) is 6.92 Å². The van der Waals surface area contributed by atoms with Gasteiger partial charge in [-0.1, -0.05) is 54.6 Å². The lowest BCUT2D eigenvalue weighted by atomic mass is 10.1. The Balaban J connectivity index is 1.37. The molecule has 0 saturated heterocycles. The molecule has 4 heteroatoms. The summed E-state index contributed by atoms with van der Waals surface area (Å²) in [6.07, 6.45) is 7.83. The lowest BCUT2D eigenvalue weighted by Crippen LogP contribution is -1.98. The first-order valence-electron chi connectivity index (χ1n) is 10.6. The van der Waals surface area contributed by atoms with Gasteiger partial charge in [-0.2, -0.15) is 0 Å². The van der Waals surface area contributed by atoms with Gasteiger partial charge < -0.3 is 14.0 Å². The van der Waals surface area contributed by atoms with Crippen molar-refractivity contribution in [3.63, 3.8) is 0 Å². The normalized spacial score (nSPS) is 14.3. The van der Waals surface area contributed by atoms with E-state index in [-0.39, 0.29) is 5.78 Å². The summed E-state index contributed by atoms with van der Waals surface area (Å²) < 4.78 is 14.0. The van der Waals surface area contributed by atoms with Crippen LogP contribution in [0.3, 0.4) is 0 Å². The van der Waals surface area contributed by atoms with Crippen molar-refractivity contribution in [3.8, 4) is 11.5 Å². The number of hydrogen-bond acceptors (Lipinski definition) is 3. The van der Waals surface area contributed by atoms with Gasteiger partial charge in [0.05, 0.1) is 5.56 Å². The zero-order chi connectivity index (χ0) is 22.1. The number of benzene rings is 3. The first-order valence-corrected chi connectivity index (χ1v) is 10.6. The molecule has 5 rings (SSSR count). The van der Waals surface area contributed by atoms with Gasteiger partial charge >= 0.3 is 0 Å². The molecule has 32 heavy (non-hydrogen) atoms. The molecular weight excluding hydrogens is 398 g/mol. The average Bonchev–Trinajstić information content (AvgIpc) is 3.31. The summed E-state index contributed by atoms with van der Waals surface area (Å²) in [6, 6.07) is 21.8. The van der Waals surface area contributed by atoms with Crippen LogP contribution < -0.4 is 9.47 Å². The number of hydrogen-bond donors (Lipinski definition) is 0. The van der Waals surface area contributed by atoms with E-state index >= 15 is 0 Å². The Morgan fingerprint density at radius 2 is 1.78 bits per heavy atom. The lowest BCUT2D eigenvalue weighted by Gasteiger charge is -2.10. The van der Waals surface area contributed by atoms with Crippen LogP contribution in [0.2, 0.25) is 0 Å². The molecule has 2 heterocycles. The van der Waals surface area contributed by atoms with E-state index in [9.17, 15) is 4.79 Å². The van der Waals surface area contributed by atoms with Crippen molar-refractivity contribution in [1.82, 2.24) is 4.57 Å². The second-order valence-electron chi connectivity index (χ2n) is 7.84. The van der Waals surface area contributed by atoms with Crippen molar-refractivity contribution in [1.29, 1.82) is 0 Å². The number of aromatic nitrogens is 1. The van der Waals surface area contributed by atoms with Crippen LogP contribution in [-0.4, -0.2) is 17.0 Å². The third-order valence-corrected chi connectivity index (χ3v) is 5.70. The number of carbonyl (C=O) groups excluding carboxylic acids is 1. The molecule has 0 radical (unpaired) electrons. The lowest BCUT2D eigenvalue weighted by molar-refractivity contribution is 0.101. The van der Waals surface area contributed by atoms with Crippen LogP contribution in [0.4, 0.5) is 0 Å². The van der Waals surface area contributed by atoms with Gasteiger partial charge in [0.25, 0.3) is 0 Å². The molecule has 4 nitrogen and oxygen atoms in total. The highest BCUT2D eigenvalue weighted by Crippen LogP contribution is 2.39. The molecule has 0 N–H and O–H groups in total. The largest absolute Gasteiger partial charge is 0.489 e. The second kappa shape index (κ2) is 8.23. The number of ketones is 1. The van der Waals surface area contributed by atoms with Gasteiger partial charge in [-0.15, -0.1) is 0 Å². The molecule has 1 aliphatic heterocycles. The van der Waals surface area contributed by atoms with E-state index in [1.165, 1.54) is 0 Å². The summed E-state index contributed by atoms with van der Waals surface area (Å²) in [4.78, 5) is 13.0. The van der Waals surface area contributed by atoms with Crippen LogP contribution in [-0.2, 0) is 7.05 Å². The molecule has 0 aliphatic carbocycles. The van der Waals surface area contributed by atoms with E-state index < -0.39 is 0 Å². The molecule has 0 spiro atoms. The third kappa shape index (κ3) is 3.60. The van der Waals surface area contributed by atoms with E-state index in [0.29, 0.717) is 29.4 Å². The zero-order valence-electron chi connectivity index (χ0n) is 18.0. The Morgan fingerprint density at radius 1 is 1.00 bits per heavy atom. The summed E-state index contributed by atoms with van der Waals surface area (Å²) in [5, 5.41) is 1.08. The van der Waals surface area contributed by atoms with Gasteiger partial charge in [0.1, 0.15) is 18.1 Å². The summed E-state index contributed by atoms with van der Waals surface area (Å²) >= 11 is 0. The van der Waals surface area contributed by atoms with Crippen molar-refractivity contribution < 1.29 is 14.3 Å². The molecule has 0 atom stereocenters. The smallest absolute Gasteiger partial charge is 0.231 e. The summed E-state index contributed by atoms with van der Waals surface area (Å²) in [5.74, 6) is 1.51. The van der Waals surface area contributed by atoms with E-state index in [1.807, 2.05) is 86.9 Å². The number of carbonyl (C=O) groups is 1. The van der Waals surface area contributed by atoms with Crippen molar-refractivity contribution in [3.05, 3.63) is 107 Å². The Morgan fingerprint density at radius 3 is 2.62 bits per heavy atom. The predicted octanol–water partition coefficient (Wildman–Crippen LogP) is 6.20. The van der Waals surface area contributed by atoms with Crippen LogP contribution in [0.15, 0.2) is 84.8 Å². The number of Topliss-reactive ketones (excluding diaryl/α,β-unsaturated/α-hetero) is 1. The Kier molecular flexibility index (Phi) is 5.12. The molecule has 1 aliphatic rings. The van der Waals surface area contributed by atoms with Crippen molar-refractivity contribution in [2.75, 3.05) is 6.61 Å². The number of allylic oxidation sites excluding steroid dienone is 1. The molecule has 0 saturated carbocycles. The van der Waals surface area contributed by atoms with Crippen molar-refractivity contribution in [2.24, 2.45) is 7.05 Å². The fraction of sp³-hybridized carbons (Fsp3) is 0.107. The minimum absolute atomic E-state index is 0.105. The van der Waals surface area contributed by atoms with Crippen LogP contribution in [0.25, 0.3) is 23.1 Å². The van der Waals surface area contributed by atoms with E-state index in [1.54, 1.807) is 6.07 Å². The first-order chi connectivity index (χ1) is 15.6. The van der Waals surface area contributed by atoms with E-state index in [2.05, 4.69) is 16.7 Å². The number of fused-ring (bicyclic) bond motifs is 2. The number of ether oxygens (including phenoxy) is 2. The Hall–Kier alpha value is -4.05. The highest BCUT2D eigenvalue weighted by molar-refractivity contribution is 6.15. The van der Waals surface area contributed by atoms with Crippen LogP contribution in [0.5, 0.6) is 11.5 Å². The first kappa shape index (κ1) is 19.9. The number of nitrogens with zero attached hydrogens (tertiary/aromatic N) is 1. The maximum Gasteiger partial charge on any atom is 0.231 e. The average molecular weight is 421 g/mol. The molecular formula is C28H23NO3. The fourth-order valence-corrected chi connectivity index (χ4v) is 4.04. The minimum atomic E-state index is -0.105. The number of rotatable bonds is 5. The zero-order valence-corrected chi connectivity index (χ0v) is 18.0. The molecule has 4 aromatic rings. The van der Waals surface area contributed by atoms with Crippen LogP contribution >= 0.6 is 0 Å². The highest BCUT2D eigenvalue weighted by Gasteiger charge is 2.30. The molecule has 3 aromatic carbocycles. The van der Waals surface area contributed by atoms with Gasteiger partial charge in [0.2, 0.25) is 5.78 Å². The van der Waals surface area contributed by atoms with Crippen LogP contribution in [0.1, 0.15) is 27.0 Å². The molecule has 158 valence electrons. The maximum atomic E-state index is 13.0. The molecule has 1 aromatic heterocycles. The topological polar surface area (TPSA) is 40.5 Å². The molecule has 0 unspecified atom stereocenters. The SMILES string of the molecule is Cc1c(OC/C=C/c2ccccc2)ccc2c1O/C(=C\c1cn(C)c3ccccc13)C2=O. The number of para-hydroxylation sites is 1. The molecule has 0 amide bonds. The van der Waals surface area contributed by atoms with E-state index in [0.717, 1.165) is 27.6 Å². The highest BCUT2D eigenvalue weighted by atomic mass is 16.5.